The van der Waals surface area contributed by atoms with Crippen LogP contribution in [0.1, 0.15) is 6.42 Å². The number of likely N-dealkylation sites (tertiary alicyclic amines) is 1. The summed E-state index contributed by atoms with van der Waals surface area (Å²) in [6.07, 6.45) is 7.86. The van der Waals surface area contributed by atoms with Crippen LogP contribution in [0.3, 0.4) is 0 Å². The number of rotatable bonds is 5. The van der Waals surface area contributed by atoms with E-state index in [0.717, 1.165) is 12.2 Å². The van der Waals surface area contributed by atoms with Crippen LogP contribution in [0.25, 0.3) is 0 Å². The third kappa shape index (κ3) is 3.80. The first-order valence-corrected chi connectivity index (χ1v) is 7.66. The van der Waals surface area contributed by atoms with Crippen LogP contribution >= 0.6 is 0 Å². The van der Waals surface area contributed by atoms with Crippen molar-refractivity contribution in [1.29, 1.82) is 0 Å². The highest BCUT2D eigenvalue weighted by molar-refractivity contribution is 5.76. The molecule has 0 aliphatic carbocycles. The molecule has 0 bridgehead atoms. The van der Waals surface area contributed by atoms with Gasteiger partial charge in [0.15, 0.2) is 5.82 Å². The molecule has 1 amide bonds. The van der Waals surface area contributed by atoms with Gasteiger partial charge >= 0.3 is 0 Å². The molecule has 23 heavy (non-hydrogen) atoms. The van der Waals surface area contributed by atoms with Crippen molar-refractivity contribution in [1.82, 2.24) is 19.4 Å². The molecule has 7 heteroatoms. The summed E-state index contributed by atoms with van der Waals surface area (Å²) in [6, 6.07) is 3.83. The van der Waals surface area contributed by atoms with Gasteiger partial charge in [-0.3, -0.25) is 9.78 Å². The first-order valence-electron chi connectivity index (χ1n) is 7.66. The van der Waals surface area contributed by atoms with Gasteiger partial charge in [-0.2, -0.15) is 4.98 Å². The first-order chi connectivity index (χ1) is 11.1. The molecule has 1 atom stereocenters. The average molecular weight is 315 g/mol. The van der Waals surface area contributed by atoms with E-state index >= 15 is 0 Å². The molecule has 1 aliphatic rings. The normalized spacial score (nSPS) is 17.3. The Hall–Kier alpha value is -2.57. The third-order valence-electron chi connectivity index (χ3n) is 3.83. The van der Waals surface area contributed by atoms with Crippen LogP contribution in [0.15, 0.2) is 36.9 Å². The van der Waals surface area contributed by atoms with Gasteiger partial charge < -0.3 is 19.1 Å². The monoisotopic (exact) mass is 315 g/mol. The molecule has 1 fully saturated rings. The second-order valence-corrected chi connectivity index (χ2v) is 5.83. The molecule has 1 unspecified atom stereocenters. The molecule has 3 rings (SSSR count). The maximum absolute atomic E-state index is 12.3. The van der Waals surface area contributed by atoms with Gasteiger partial charge in [-0.1, -0.05) is 0 Å². The number of aromatic nitrogens is 3. The third-order valence-corrected chi connectivity index (χ3v) is 3.83. The van der Waals surface area contributed by atoms with Crippen molar-refractivity contribution in [2.45, 2.75) is 19.1 Å². The van der Waals surface area contributed by atoms with Crippen LogP contribution in [-0.2, 0) is 11.3 Å². The van der Waals surface area contributed by atoms with Gasteiger partial charge in [0.2, 0.25) is 11.8 Å². The summed E-state index contributed by atoms with van der Waals surface area (Å²) in [5.74, 6) is 1.36. The highest BCUT2D eigenvalue weighted by Crippen LogP contribution is 2.18. The molecule has 2 aromatic rings. The largest absolute Gasteiger partial charge is 0.471 e. The number of hydrogen-bond donors (Lipinski definition) is 0. The molecular weight excluding hydrogens is 294 g/mol. The molecule has 0 aromatic carbocycles. The highest BCUT2D eigenvalue weighted by atomic mass is 16.5. The predicted molar refractivity (Wildman–Crippen MR) is 86.4 cm³/mol. The van der Waals surface area contributed by atoms with E-state index < -0.39 is 0 Å². The Kier molecular flexibility index (Phi) is 4.45. The number of nitrogens with zero attached hydrogens (tertiary/aromatic N) is 5. The number of anilines is 1. The van der Waals surface area contributed by atoms with Gasteiger partial charge in [0.1, 0.15) is 12.6 Å². The molecule has 1 saturated heterocycles. The Bertz CT molecular complexity index is 656. The van der Waals surface area contributed by atoms with Crippen LogP contribution in [0, 0.1) is 0 Å². The van der Waals surface area contributed by atoms with Crippen LogP contribution in [0.4, 0.5) is 5.82 Å². The quantitative estimate of drug-likeness (QED) is 0.824. The van der Waals surface area contributed by atoms with Gasteiger partial charge in [0.25, 0.3) is 0 Å². The fourth-order valence-electron chi connectivity index (χ4n) is 2.56. The van der Waals surface area contributed by atoms with Gasteiger partial charge in [-0.25, -0.2) is 0 Å². The summed E-state index contributed by atoms with van der Waals surface area (Å²) >= 11 is 0. The van der Waals surface area contributed by atoms with Gasteiger partial charge in [-0.15, -0.1) is 0 Å². The summed E-state index contributed by atoms with van der Waals surface area (Å²) in [6.45, 7) is 1.68. The molecule has 0 spiro atoms. The van der Waals surface area contributed by atoms with Crippen LogP contribution in [0.2, 0.25) is 0 Å². The molecule has 1 aliphatic heterocycles. The SMILES string of the molecule is CN(C)c1cncc(OC2CCN(C(=O)Cn3cccc3)C2)n1. The minimum Gasteiger partial charge on any atom is -0.471 e. The van der Waals surface area contributed by atoms with Crippen molar-refractivity contribution in [2.24, 2.45) is 0 Å². The lowest BCUT2D eigenvalue weighted by Crippen LogP contribution is -2.33. The van der Waals surface area contributed by atoms with Crippen molar-refractivity contribution in [3.05, 3.63) is 36.9 Å². The smallest absolute Gasteiger partial charge is 0.242 e. The van der Waals surface area contributed by atoms with Crippen LogP contribution < -0.4 is 9.64 Å². The van der Waals surface area contributed by atoms with E-state index in [2.05, 4.69) is 9.97 Å². The second kappa shape index (κ2) is 6.68. The summed E-state index contributed by atoms with van der Waals surface area (Å²) in [4.78, 5) is 24.5. The number of ether oxygens (including phenoxy) is 1. The number of hydrogen-bond acceptors (Lipinski definition) is 5. The Morgan fingerprint density at radius 3 is 2.87 bits per heavy atom. The first kappa shape index (κ1) is 15.3. The molecule has 0 radical (unpaired) electrons. The molecule has 0 N–H and O–H groups in total. The van der Waals surface area contributed by atoms with Gasteiger partial charge in [-0.05, 0) is 12.1 Å². The summed E-state index contributed by atoms with van der Waals surface area (Å²) in [5.41, 5.74) is 0. The van der Waals surface area contributed by atoms with Crippen molar-refractivity contribution in [2.75, 3.05) is 32.1 Å². The fourth-order valence-corrected chi connectivity index (χ4v) is 2.56. The van der Waals surface area contributed by atoms with Crippen molar-refractivity contribution in [3.63, 3.8) is 0 Å². The zero-order chi connectivity index (χ0) is 16.2. The standard InChI is InChI=1S/C16H21N5O2/c1-19(2)14-9-17-10-15(18-14)23-13-5-8-21(11-13)16(22)12-20-6-3-4-7-20/h3-4,6-7,9-10,13H,5,8,11-12H2,1-2H3. The lowest BCUT2D eigenvalue weighted by Gasteiger charge is -2.18. The molecule has 7 nitrogen and oxygen atoms in total. The molecule has 3 heterocycles. The predicted octanol–water partition coefficient (Wildman–Crippen LogP) is 1.02. The summed E-state index contributed by atoms with van der Waals surface area (Å²) in [7, 11) is 3.82. The van der Waals surface area contributed by atoms with Crippen LogP contribution in [-0.4, -0.2) is 58.6 Å². The summed E-state index contributed by atoms with van der Waals surface area (Å²) < 4.78 is 7.76. The van der Waals surface area contributed by atoms with Gasteiger partial charge in [0.05, 0.1) is 18.9 Å². The number of amides is 1. The van der Waals surface area contributed by atoms with Crippen molar-refractivity contribution >= 4 is 11.7 Å². The minimum atomic E-state index is -0.0321. The molecule has 2 aromatic heterocycles. The summed E-state index contributed by atoms with van der Waals surface area (Å²) in [5, 5.41) is 0. The highest BCUT2D eigenvalue weighted by Gasteiger charge is 2.28. The van der Waals surface area contributed by atoms with Crippen LogP contribution in [0.5, 0.6) is 5.88 Å². The lowest BCUT2D eigenvalue weighted by atomic mass is 10.3. The van der Waals surface area contributed by atoms with E-state index in [9.17, 15) is 4.79 Å². The topological polar surface area (TPSA) is 63.5 Å². The van der Waals surface area contributed by atoms with E-state index in [0.29, 0.717) is 25.5 Å². The maximum Gasteiger partial charge on any atom is 0.242 e. The van der Waals surface area contributed by atoms with E-state index in [4.69, 9.17) is 4.74 Å². The van der Waals surface area contributed by atoms with E-state index in [1.807, 2.05) is 53.0 Å². The number of carbonyl (C=O) groups excluding carboxylic acids is 1. The van der Waals surface area contributed by atoms with Gasteiger partial charge in [0, 0.05) is 39.5 Å². The average Bonchev–Trinajstić information content (AvgIpc) is 3.19. The zero-order valence-electron chi connectivity index (χ0n) is 13.4. The van der Waals surface area contributed by atoms with E-state index in [-0.39, 0.29) is 12.0 Å². The Morgan fingerprint density at radius 2 is 2.13 bits per heavy atom. The number of carbonyl (C=O) groups is 1. The minimum absolute atomic E-state index is 0.0321. The Morgan fingerprint density at radius 1 is 1.35 bits per heavy atom. The van der Waals surface area contributed by atoms with Crippen molar-refractivity contribution in [3.8, 4) is 5.88 Å². The van der Waals surface area contributed by atoms with E-state index in [1.54, 1.807) is 12.4 Å². The molecule has 0 saturated carbocycles. The molecule has 122 valence electrons. The van der Waals surface area contributed by atoms with Crippen molar-refractivity contribution < 1.29 is 9.53 Å². The maximum atomic E-state index is 12.3. The molecular formula is C16H21N5O2. The fraction of sp³-hybridized carbons (Fsp3) is 0.438. The lowest BCUT2D eigenvalue weighted by molar-refractivity contribution is -0.131. The van der Waals surface area contributed by atoms with E-state index in [1.165, 1.54) is 0 Å². The zero-order valence-corrected chi connectivity index (χ0v) is 13.4. The Balaban J connectivity index is 1.55. The second-order valence-electron chi connectivity index (χ2n) is 5.83. The Labute approximate surface area is 135 Å².